The van der Waals surface area contributed by atoms with Gasteiger partial charge in [-0.2, -0.15) is 0 Å². The summed E-state index contributed by atoms with van der Waals surface area (Å²) < 4.78 is 0. The van der Waals surface area contributed by atoms with E-state index in [-0.39, 0.29) is 17.9 Å². The van der Waals surface area contributed by atoms with Crippen LogP contribution in [-0.4, -0.2) is 11.3 Å². The predicted molar refractivity (Wildman–Crippen MR) is 59.5 cm³/mol. The fourth-order valence-electron chi connectivity index (χ4n) is 1.15. The number of ketones is 1. The lowest BCUT2D eigenvalue weighted by Crippen LogP contribution is -1.88. The van der Waals surface area contributed by atoms with Gasteiger partial charge in [0.25, 0.3) is 0 Å². The summed E-state index contributed by atoms with van der Waals surface area (Å²) in [6, 6.07) is 0. The highest BCUT2D eigenvalue weighted by Crippen LogP contribution is 2.06. The quantitative estimate of drug-likeness (QED) is 0.596. The number of hydrogen-bond acceptors (Lipinski definition) is 1. The van der Waals surface area contributed by atoms with Gasteiger partial charge in [0, 0.05) is 6.42 Å². The number of unbranched alkanes of at least 4 members (excludes halogenated alkanes) is 5. The average molecular weight is 211 g/mol. The molecule has 0 aromatic rings. The Morgan fingerprint density at radius 2 is 1.46 bits per heavy atom. The van der Waals surface area contributed by atoms with Gasteiger partial charge in [0.05, 0.1) is 0 Å². The summed E-state index contributed by atoms with van der Waals surface area (Å²) in [5.41, 5.74) is 0. The number of Topliss-reactive ketones (excluding diaryl/α,β-unsaturated/α-hetero) is 1. The molecule has 3 heteroatoms. The number of halogens is 1. The number of rotatable bonds is 7. The van der Waals surface area contributed by atoms with Crippen LogP contribution in [0, 0.1) is 0 Å². The monoisotopic (exact) mass is 210 g/mol. The molecule has 0 radical (unpaired) electrons. The second-order valence-corrected chi connectivity index (χ2v) is 3.22. The molecule has 0 aliphatic rings. The largest absolute Gasteiger partial charge is 0.412 e. The molecule has 0 aromatic heterocycles. The molecule has 0 atom stereocenters. The van der Waals surface area contributed by atoms with Gasteiger partial charge in [0.15, 0.2) is 0 Å². The Balaban J connectivity index is -0.000000500. The smallest absolute Gasteiger partial charge is 0.129 e. The van der Waals surface area contributed by atoms with Crippen molar-refractivity contribution in [2.45, 2.75) is 58.8 Å². The zero-order valence-electron chi connectivity index (χ0n) is 8.77. The van der Waals surface area contributed by atoms with Gasteiger partial charge in [0.2, 0.25) is 0 Å². The molecule has 0 aliphatic carbocycles. The Labute approximate surface area is 87.8 Å². The van der Waals surface area contributed by atoms with Crippen LogP contribution < -0.4 is 0 Å². The minimum Gasteiger partial charge on any atom is -0.412 e. The molecule has 0 aliphatic heterocycles. The SMILES string of the molecule is CCCCCCCCC(C)=O.Cl.O. The van der Waals surface area contributed by atoms with Crippen LogP contribution in [0.3, 0.4) is 0 Å². The number of carbonyl (C=O) groups is 1. The van der Waals surface area contributed by atoms with Gasteiger partial charge in [-0.05, 0) is 13.3 Å². The number of hydrogen-bond donors (Lipinski definition) is 0. The summed E-state index contributed by atoms with van der Waals surface area (Å²) in [5, 5.41) is 0. The molecule has 2 nitrogen and oxygen atoms in total. The Kier molecular flexibility index (Phi) is 20.7. The van der Waals surface area contributed by atoms with E-state index in [2.05, 4.69) is 6.92 Å². The van der Waals surface area contributed by atoms with Gasteiger partial charge in [-0.25, -0.2) is 0 Å². The first-order chi connectivity index (χ1) is 5.27. The van der Waals surface area contributed by atoms with Crippen molar-refractivity contribution in [2.24, 2.45) is 0 Å². The maximum Gasteiger partial charge on any atom is 0.129 e. The molecule has 0 bridgehead atoms. The van der Waals surface area contributed by atoms with Crippen LogP contribution in [0.4, 0.5) is 0 Å². The molecule has 0 spiro atoms. The fraction of sp³-hybridized carbons (Fsp3) is 0.900. The van der Waals surface area contributed by atoms with Crippen LogP contribution in [-0.2, 0) is 4.79 Å². The maximum absolute atomic E-state index is 10.5. The fourth-order valence-corrected chi connectivity index (χ4v) is 1.15. The third kappa shape index (κ3) is 18.7. The first-order valence-electron chi connectivity index (χ1n) is 4.76. The van der Waals surface area contributed by atoms with Crippen molar-refractivity contribution >= 4 is 18.2 Å². The second kappa shape index (κ2) is 14.4. The van der Waals surface area contributed by atoms with E-state index in [1.807, 2.05) is 0 Å². The topological polar surface area (TPSA) is 48.6 Å². The Morgan fingerprint density at radius 1 is 1.00 bits per heavy atom. The van der Waals surface area contributed by atoms with Gasteiger partial charge in [-0.15, -0.1) is 12.4 Å². The predicted octanol–water partition coefficient (Wildman–Crippen LogP) is 2.92. The molecule has 0 unspecified atom stereocenters. The zero-order valence-corrected chi connectivity index (χ0v) is 9.58. The van der Waals surface area contributed by atoms with Crippen LogP contribution in [0.25, 0.3) is 0 Å². The molecule has 0 saturated carbocycles. The lowest BCUT2D eigenvalue weighted by molar-refractivity contribution is -0.117. The highest BCUT2D eigenvalue weighted by Gasteiger charge is 1.92. The number of carbonyl (C=O) groups excluding carboxylic acids is 1. The lowest BCUT2D eigenvalue weighted by Gasteiger charge is -1.97. The summed E-state index contributed by atoms with van der Waals surface area (Å²) in [6.45, 7) is 3.89. The third-order valence-corrected chi connectivity index (χ3v) is 1.88. The van der Waals surface area contributed by atoms with Gasteiger partial charge >= 0.3 is 0 Å². The summed E-state index contributed by atoms with van der Waals surface area (Å²) in [7, 11) is 0. The molecule has 0 amide bonds. The van der Waals surface area contributed by atoms with Crippen LogP contribution in [0.1, 0.15) is 58.8 Å². The zero-order chi connectivity index (χ0) is 8.53. The second-order valence-electron chi connectivity index (χ2n) is 3.22. The van der Waals surface area contributed by atoms with E-state index >= 15 is 0 Å². The van der Waals surface area contributed by atoms with E-state index in [4.69, 9.17) is 0 Å². The van der Waals surface area contributed by atoms with E-state index < -0.39 is 0 Å². The Hall–Kier alpha value is -0.0800. The van der Waals surface area contributed by atoms with Gasteiger partial charge in [0.1, 0.15) is 5.78 Å². The summed E-state index contributed by atoms with van der Waals surface area (Å²) in [4.78, 5) is 10.5. The standard InChI is InChI=1S/C10H20O.ClH.H2O/c1-3-4-5-6-7-8-9-10(2)11;;/h3-9H2,1-2H3;1H;1H2. The Bertz CT molecular complexity index is 105. The van der Waals surface area contributed by atoms with E-state index in [1.165, 1.54) is 32.1 Å². The molecule has 0 heterocycles. The lowest BCUT2D eigenvalue weighted by atomic mass is 10.1. The van der Waals surface area contributed by atoms with Crippen molar-refractivity contribution in [3.63, 3.8) is 0 Å². The maximum atomic E-state index is 10.5. The first-order valence-corrected chi connectivity index (χ1v) is 4.76. The van der Waals surface area contributed by atoms with Crippen molar-refractivity contribution in [2.75, 3.05) is 0 Å². The average Bonchev–Trinajstić information content (AvgIpc) is 1.96. The molecular weight excluding hydrogens is 188 g/mol. The third-order valence-electron chi connectivity index (χ3n) is 1.88. The van der Waals surface area contributed by atoms with E-state index in [1.54, 1.807) is 6.92 Å². The van der Waals surface area contributed by atoms with Crippen molar-refractivity contribution in [3.8, 4) is 0 Å². The van der Waals surface area contributed by atoms with Crippen molar-refractivity contribution in [1.29, 1.82) is 0 Å². The van der Waals surface area contributed by atoms with Gasteiger partial charge in [-0.1, -0.05) is 39.0 Å². The van der Waals surface area contributed by atoms with Gasteiger partial charge in [-0.3, -0.25) is 0 Å². The van der Waals surface area contributed by atoms with Crippen molar-refractivity contribution in [1.82, 2.24) is 0 Å². The molecule has 82 valence electrons. The molecular formula is C10H23ClO2. The highest BCUT2D eigenvalue weighted by molar-refractivity contribution is 5.85. The van der Waals surface area contributed by atoms with Crippen LogP contribution in [0.15, 0.2) is 0 Å². The first kappa shape index (κ1) is 18.7. The van der Waals surface area contributed by atoms with E-state index in [0.717, 1.165) is 12.8 Å². The molecule has 0 fully saturated rings. The molecule has 2 N–H and O–H groups in total. The Morgan fingerprint density at radius 3 is 1.92 bits per heavy atom. The van der Waals surface area contributed by atoms with Crippen LogP contribution in [0.2, 0.25) is 0 Å². The van der Waals surface area contributed by atoms with Crippen LogP contribution >= 0.6 is 12.4 Å². The molecule has 0 saturated heterocycles. The van der Waals surface area contributed by atoms with Crippen molar-refractivity contribution < 1.29 is 10.3 Å². The van der Waals surface area contributed by atoms with E-state index in [9.17, 15) is 4.79 Å². The van der Waals surface area contributed by atoms with Gasteiger partial charge < -0.3 is 10.3 Å². The normalized spacial score (nSPS) is 8.46. The minimum atomic E-state index is 0. The van der Waals surface area contributed by atoms with E-state index in [0.29, 0.717) is 5.78 Å². The minimum absolute atomic E-state index is 0. The molecule has 0 aromatic carbocycles. The molecule has 13 heavy (non-hydrogen) atoms. The summed E-state index contributed by atoms with van der Waals surface area (Å²) in [6.07, 6.45) is 8.41. The summed E-state index contributed by atoms with van der Waals surface area (Å²) in [5.74, 6) is 0.334. The van der Waals surface area contributed by atoms with Crippen molar-refractivity contribution in [3.05, 3.63) is 0 Å². The molecule has 0 rings (SSSR count). The highest BCUT2D eigenvalue weighted by atomic mass is 35.5. The summed E-state index contributed by atoms with van der Waals surface area (Å²) >= 11 is 0. The van der Waals surface area contributed by atoms with Crippen LogP contribution in [0.5, 0.6) is 0 Å².